The van der Waals surface area contributed by atoms with E-state index < -0.39 is 0 Å². The van der Waals surface area contributed by atoms with Gasteiger partial charge in [0.15, 0.2) is 0 Å². The summed E-state index contributed by atoms with van der Waals surface area (Å²) in [5.74, 6) is -0.282. The molecule has 0 saturated carbocycles. The highest BCUT2D eigenvalue weighted by molar-refractivity contribution is 5.91. The first-order valence-electron chi connectivity index (χ1n) is 3.71. The molecule has 0 aromatic heterocycles. The summed E-state index contributed by atoms with van der Waals surface area (Å²) in [7, 11) is 0. The number of primary amides is 1. The molecule has 0 heterocycles. The quantitative estimate of drug-likeness (QED) is 0.594. The molecule has 0 fully saturated rings. The Morgan fingerprint density at radius 1 is 1.50 bits per heavy atom. The van der Waals surface area contributed by atoms with E-state index >= 15 is 0 Å². The molecule has 0 atom stereocenters. The van der Waals surface area contributed by atoms with Crippen LogP contribution in [0, 0.1) is 0 Å². The van der Waals surface area contributed by atoms with Gasteiger partial charge in [0.1, 0.15) is 0 Å². The van der Waals surface area contributed by atoms with E-state index in [0.717, 1.165) is 24.8 Å². The lowest BCUT2D eigenvalue weighted by Gasteiger charge is -1.96. The second-order valence-electron chi connectivity index (χ2n) is 2.24. The summed E-state index contributed by atoms with van der Waals surface area (Å²) < 4.78 is 0. The molecule has 10 heavy (non-hydrogen) atoms. The van der Waals surface area contributed by atoms with E-state index in [-0.39, 0.29) is 5.91 Å². The summed E-state index contributed by atoms with van der Waals surface area (Å²) in [4.78, 5) is 10.6. The first-order valence-corrected chi connectivity index (χ1v) is 3.71. The maximum absolute atomic E-state index is 10.6. The fraction of sp³-hybridized carbons (Fsp3) is 0.625. The zero-order chi connectivity index (χ0) is 7.98. The molecule has 2 heteroatoms. The average molecular weight is 141 g/mol. The zero-order valence-corrected chi connectivity index (χ0v) is 6.68. The number of unbranched alkanes of at least 4 members (excludes halogenated alkanes) is 1. The van der Waals surface area contributed by atoms with Crippen molar-refractivity contribution in [2.45, 2.75) is 33.1 Å². The van der Waals surface area contributed by atoms with E-state index in [1.807, 2.05) is 13.0 Å². The van der Waals surface area contributed by atoms with E-state index in [1.54, 1.807) is 0 Å². The molecular formula is C8H15NO. The number of rotatable bonds is 4. The Kier molecular flexibility index (Phi) is 4.63. The van der Waals surface area contributed by atoms with Crippen LogP contribution >= 0.6 is 0 Å². The maximum Gasteiger partial charge on any atom is 0.244 e. The molecule has 0 radical (unpaired) electrons. The summed E-state index contributed by atoms with van der Waals surface area (Å²) >= 11 is 0. The zero-order valence-electron chi connectivity index (χ0n) is 6.68. The van der Waals surface area contributed by atoms with Crippen molar-refractivity contribution in [2.24, 2.45) is 5.73 Å². The van der Waals surface area contributed by atoms with Gasteiger partial charge in [-0.1, -0.05) is 26.3 Å². The Bertz CT molecular complexity index is 138. The number of amides is 1. The molecule has 1 amide bonds. The topological polar surface area (TPSA) is 43.1 Å². The summed E-state index contributed by atoms with van der Waals surface area (Å²) in [6.07, 6.45) is 4.68. The molecule has 58 valence electrons. The average Bonchev–Trinajstić information content (AvgIpc) is 1.89. The molecular weight excluding hydrogens is 126 g/mol. The highest BCUT2D eigenvalue weighted by atomic mass is 16.1. The predicted molar refractivity (Wildman–Crippen MR) is 42.5 cm³/mol. The summed E-state index contributed by atoms with van der Waals surface area (Å²) in [5.41, 5.74) is 5.83. The van der Waals surface area contributed by atoms with Crippen LogP contribution in [-0.2, 0) is 4.79 Å². The molecule has 0 aromatic carbocycles. The number of carbonyl (C=O) groups excluding carboxylic acids is 1. The van der Waals surface area contributed by atoms with Crippen molar-refractivity contribution in [2.75, 3.05) is 0 Å². The number of nitrogens with two attached hydrogens (primary N) is 1. The summed E-state index contributed by atoms with van der Waals surface area (Å²) in [6, 6.07) is 0. The van der Waals surface area contributed by atoms with Crippen LogP contribution in [0.1, 0.15) is 33.1 Å². The van der Waals surface area contributed by atoms with E-state index in [4.69, 9.17) is 5.73 Å². The first kappa shape index (κ1) is 9.21. The van der Waals surface area contributed by atoms with Gasteiger partial charge in [-0.3, -0.25) is 4.79 Å². The van der Waals surface area contributed by atoms with Gasteiger partial charge < -0.3 is 5.73 Å². The van der Waals surface area contributed by atoms with Crippen LogP contribution in [0.25, 0.3) is 0 Å². The molecule has 0 saturated heterocycles. The number of carbonyl (C=O) groups is 1. The Labute approximate surface area is 62.1 Å². The Balaban J connectivity index is 3.91. The molecule has 0 aliphatic carbocycles. The largest absolute Gasteiger partial charge is 0.366 e. The molecule has 0 unspecified atom stereocenters. The van der Waals surface area contributed by atoms with Gasteiger partial charge in [0.05, 0.1) is 0 Å². The highest BCUT2D eigenvalue weighted by Gasteiger charge is 1.98. The second-order valence-corrected chi connectivity index (χ2v) is 2.24. The number of hydrogen-bond donors (Lipinski definition) is 1. The third-order valence-corrected chi connectivity index (χ3v) is 1.38. The van der Waals surface area contributed by atoms with Crippen molar-refractivity contribution in [3.05, 3.63) is 11.6 Å². The van der Waals surface area contributed by atoms with Crippen molar-refractivity contribution < 1.29 is 4.79 Å². The van der Waals surface area contributed by atoms with Gasteiger partial charge >= 0.3 is 0 Å². The molecule has 2 N–H and O–H groups in total. The van der Waals surface area contributed by atoms with Crippen LogP contribution in [0.5, 0.6) is 0 Å². The van der Waals surface area contributed by atoms with E-state index in [9.17, 15) is 4.79 Å². The molecule has 0 bridgehead atoms. The van der Waals surface area contributed by atoms with Gasteiger partial charge in [-0.05, 0) is 12.8 Å². The Morgan fingerprint density at radius 2 is 2.10 bits per heavy atom. The minimum absolute atomic E-state index is 0.282. The fourth-order valence-corrected chi connectivity index (χ4v) is 0.738. The van der Waals surface area contributed by atoms with E-state index in [0.29, 0.717) is 0 Å². The van der Waals surface area contributed by atoms with E-state index in [1.165, 1.54) is 0 Å². The van der Waals surface area contributed by atoms with Crippen LogP contribution < -0.4 is 5.73 Å². The van der Waals surface area contributed by atoms with Crippen LogP contribution in [0.15, 0.2) is 11.6 Å². The van der Waals surface area contributed by atoms with Gasteiger partial charge in [-0.2, -0.15) is 0 Å². The molecule has 2 nitrogen and oxygen atoms in total. The standard InChI is InChI=1S/C8H15NO/c1-3-5-6-7(4-2)8(9)10/h6H,3-5H2,1-2H3,(H2,9,10). The van der Waals surface area contributed by atoms with Crippen molar-refractivity contribution >= 4 is 5.91 Å². The molecule has 0 aliphatic rings. The number of hydrogen-bond acceptors (Lipinski definition) is 1. The van der Waals surface area contributed by atoms with Gasteiger partial charge in [-0.25, -0.2) is 0 Å². The van der Waals surface area contributed by atoms with Gasteiger partial charge in [-0.15, -0.1) is 0 Å². The van der Waals surface area contributed by atoms with Gasteiger partial charge in [0.2, 0.25) is 5.91 Å². The van der Waals surface area contributed by atoms with E-state index in [2.05, 4.69) is 6.92 Å². The Morgan fingerprint density at radius 3 is 2.40 bits per heavy atom. The smallest absolute Gasteiger partial charge is 0.244 e. The van der Waals surface area contributed by atoms with Crippen LogP contribution in [0.2, 0.25) is 0 Å². The number of allylic oxidation sites excluding steroid dienone is 1. The van der Waals surface area contributed by atoms with Crippen molar-refractivity contribution in [1.82, 2.24) is 0 Å². The lowest BCUT2D eigenvalue weighted by Crippen LogP contribution is -2.13. The Hall–Kier alpha value is -0.790. The fourth-order valence-electron chi connectivity index (χ4n) is 0.738. The summed E-state index contributed by atoms with van der Waals surface area (Å²) in [6.45, 7) is 4.01. The molecule has 0 aromatic rings. The molecule has 0 aliphatic heterocycles. The van der Waals surface area contributed by atoms with Crippen molar-refractivity contribution in [1.29, 1.82) is 0 Å². The predicted octanol–water partition coefficient (Wildman–Crippen LogP) is 1.61. The monoisotopic (exact) mass is 141 g/mol. The normalized spacial score (nSPS) is 11.6. The lowest BCUT2D eigenvalue weighted by atomic mass is 10.1. The van der Waals surface area contributed by atoms with Crippen LogP contribution in [0.3, 0.4) is 0 Å². The van der Waals surface area contributed by atoms with Crippen molar-refractivity contribution in [3.63, 3.8) is 0 Å². The minimum Gasteiger partial charge on any atom is -0.366 e. The third kappa shape index (κ3) is 3.28. The van der Waals surface area contributed by atoms with Gasteiger partial charge in [0.25, 0.3) is 0 Å². The SMILES string of the molecule is CCCC=C(CC)C(N)=O. The van der Waals surface area contributed by atoms with Crippen LogP contribution in [0.4, 0.5) is 0 Å². The lowest BCUT2D eigenvalue weighted by molar-refractivity contribution is -0.114. The second kappa shape index (κ2) is 5.03. The maximum atomic E-state index is 10.6. The first-order chi connectivity index (χ1) is 4.72. The molecule has 0 spiro atoms. The minimum atomic E-state index is -0.282. The highest BCUT2D eigenvalue weighted by Crippen LogP contribution is 2.01. The molecule has 0 rings (SSSR count). The van der Waals surface area contributed by atoms with Crippen molar-refractivity contribution in [3.8, 4) is 0 Å². The summed E-state index contributed by atoms with van der Waals surface area (Å²) in [5, 5.41) is 0. The van der Waals surface area contributed by atoms with Gasteiger partial charge in [0, 0.05) is 5.57 Å². The van der Waals surface area contributed by atoms with Crippen LogP contribution in [-0.4, -0.2) is 5.91 Å². The third-order valence-electron chi connectivity index (χ3n) is 1.38.